The van der Waals surface area contributed by atoms with E-state index in [-0.39, 0.29) is 11.6 Å². The van der Waals surface area contributed by atoms with Crippen LogP contribution in [0.15, 0.2) is 18.2 Å². The highest BCUT2D eigenvalue weighted by molar-refractivity contribution is 6.13. The maximum atomic E-state index is 13.4. The summed E-state index contributed by atoms with van der Waals surface area (Å²) in [7, 11) is 0. The molecule has 2 heterocycles. The van der Waals surface area contributed by atoms with E-state index >= 15 is 0 Å². The van der Waals surface area contributed by atoms with Gasteiger partial charge in [0.1, 0.15) is 11.5 Å². The molecule has 2 amide bonds. The highest BCUT2D eigenvalue weighted by Gasteiger charge is 2.28. The third-order valence-electron chi connectivity index (χ3n) is 3.32. The smallest absolute Gasteiger partial charge is 0.267 e. The predicted octanol–water partition coefficient (Wildman–Crippen LogP) is 1.53. The number of benzene rings is 1. The van der Waals surface area contributed by atoms with Crippen molar-refractivity contribution in [2.45, 2.75) is 12.8 Å². The van der Waals surface area contributed by atoms with Crippen LogP contribution in [0, 0.1) is 5.82 Å². The molecule has 1 aliphatic rings. The third-order valence-corrected chi connectivity index (χ3v) is 3.32. The van der Waals surface area contributed by atoms with Crippen molar-refractivity contribution < 1.29 is 14.0 Å². The molecule has 0 saturated carbocycles. The molecule has 1 saturated heterocycles. The van der Waals surface area contributed by atoms with Crippen molar-refractivity contribution in [2.24, 2.45) is 5.73 Å². The van der Waals surface area contributed by atoms with Crippen LogP contribution in [0.5, 0.6) is 0 Å². The number of primary amides is 1. The lowest BCUT2D eigenvalue weighted by Crippen LogP contribution is -2.26. The molecule has 3 rings (SSSR count). The van der Waals surface area contributed by atoms with Crippen molar-refractivity contribution in [3.05, 3.63) is 29.7 Å². The van der Waals surface area contributed by atoms with Gasteiger partial charge in [-0.05, 0) is 24.6 Å². The van der Waals surface area contributed by atoms with Gasteiger partial charge >= 0.3 is 0 Å². The summed E-state index contributed by atoms with van der Waals surface area (Å²) in [5.74, 6) is -1.16. The first-order chi connectivity index (χ1) is 9.08. The second-order valence-electron chi connectivity index (χ2n) is 4.55. The molecule has 0 radical (unpaired) electrons. The zero-order chi connectivity index (χ0) is 13.6. The largest absolute Gasteiger partial charge is 0.364 e. The summed E-state index contributed by atoms with van der Waals surface area (Å²) in [6, 6.07) is 4.12. The second-order valence-corrected chi connectivity index (χ2v) is 4.55. The molecule has 2 aromatic rings. The quantitative estimate of drug-likeness (QED) is 0.859. The lowest BCUT2D eigenvalue weighted by Gasteiger charge is -2.16. The van der Waals surface area contributed by atoms with Gasteiger partial charge in [-0.2, -0.15) is 0 Å². The summed E-state index contributed by atoms with van der Waals surface area (Å²) in [6.45, 7) is 0.516. The van der Waals surface area contributed by atoms with E-state index in [1.165, 1.54) is 23.1 Å². The van der Waals surface area contributed by atoms with E-state index in [2.05, 4.69) is 4.98 Å². The summed E-state index contributed by atoms with van der Waals surface area (Å²) in [5.41, 5.74) is 6.46. The fraction of sp³-hybridized carbons (Fsp3) is 0.231. The lowest BCUT2D eigenvalue weighted by atomic mass is 10.2. The normalized spacial score (nSPS) is 15.4. The molecule has 3 N–H and O–H groups in total. The van der Waals surface area contributed by atoms with E-state index < -0.39 is 11.7 Å². The number of carbonyl (C=O) groups is 2. The van der Waals surface area contributed by atoms with Crippen LogP contribution in [0.25, 0.3) is 10.9 Å². The number of H-pyrrole nitrogens is 1. The molecule has 1 aliphatic heterocycles. The molecule has 5 nitrogen and oxygen atoms in total. The number of amides is 2. The number of nitrogens with zero attached hydrogens (tertiary/aromatic N) is 1. The zero-order valence-electron chi connectivity index (χ0n) is 10.1. The molecule has 19 heavy (non-hydrogen) atoms. The van der Waals surface area contributed by atoms with Gasteiger partial charge in [-0.3, -0.25) is 9.59 Å². The summed E-state index contributed by atoms with van der Waals surface area (Å²) >= 11 is 0. The Hall–Kier alpha value is -2.37. The number of rotatable bonds is 2. The number of anilines is 1. The van der Waals surface area contributed by atoms with Crippen LogP contribution >= 0.6 is 0 Å². The van der Waals surface area contributed by atoms with Gasteiger partial charge in [-0.15, -0.1) is 0 Å². The second kappa shape index (κ2) is 4.08. The van der Waals surface area contributed by atoms with Crippen molar-refractivity contribution in [1.82, 2.24) is 4.98 Å². The Bertz CT molecular complexity index is 692. The molecular formula is C13H12FN3O2. The fourth-order valence-electron chi connectivity index (χ4n) is 2.49. The van der Waals surface area contributed by atoms with Crippen molar-refractivity contribution in [3.8, 4) is 0 Å². The molecule has 98 valence electrons. The van der Waals surface area contributed by atoms with Gasteiger partial charge in [-0.25, -0.2) is 4.39 Å². The van der Waals surface area contributed by atoms with Crippen LogP contribution in [-0.4, -0.2) is 23.3 Å². The number of nitrogens with two attached hydrogens (primary N) is 1. The van der Waals surface area contributed by atoms with Gasteiger partial charge in [0.05, 0.1) is 5.69 Å². The van der Waals surface area contributed by atoms with E-state index in [0.717, 1.165) is 6.42 Å². The number of carbonyl (C=O) groups excluding carboxylic acids is 2. The van der Waals surface area contributed by atoms with Crippen molar-refractivity contribution >= 4 is 28.4 Å². The predicted molar refractivity (Wildman–Crippen MR) is 68.4 cm³/mol. The zero-order valence-corrected chi connectivity index (χ0v) is 10.1. The Labute approximate surface area is 108 Å². The maximum Gasteiger partial charge on any atom is 0.267 e. The average molecular weight is 261 g/mol. The number of hydrogen-bond donors (Lipinski definition) is 2. The molecule has 1 aromatic carbocycles. The lowest BCUT2D eigenvalue weighted by molar-refractivity contribution is -0.117. The minimum atomic E-state index is -0.661. The highest BCUT2D eigenvalue weighted by Crippen LogP contribution is 2.34. The number of aromatic amines is 1. The number of aromatic nitrogens is 1. The van der Waals surface area contributed by atoms with Crippen LogP contribution < -0.4 is 10.6 Å². The van der Waals surface area contributed by atoms with Gasteiger partial charge in [0.25, 0.3) is 5.91 Å². The summed E-state index contributed by atoms with van der Waals surface area (Å²) in [5, 5.41) is 0.504. The molecule has 0 spiro atoms. The Balaban J connectivity index is 2.29. The third kappa shape index (κ3) is 1.76. The molecule has 0 atom stereocenters. The topological polar surface area (TPSA) is 79.2 Å². The monoisotopic (exact) mass is 261 g/mol. The molecule has 1 fully saturated rings. The summed E-state index contributed by atoms with van der Waals surface area (Å²) in [4.78, 5) is 27.7. The Morgan fingerprint density at radius 1 is 1.42 bits per heavy atom. The van der Waals surface area contributed by atoms with E-state index in [1.54, 1.807) is 0 Å². The SMILES string of the molecule is NC(=O)c1[nH]c2ccc(F)cc2c1N1CCCC1=O. The minimum absolute atomic E-state index is 0.0762. The minimum Gasteiger partial charge on any atom is -0.364 e. The molecular weight excluding hydrogens is 249 g/mol. The molecule has 0 bridgehead atoms. The average Bonchev–Trinajstić information content (AvgIpc) is 2.92. The first-order valence-electron chi connectivity index (χ1n) is 5.99. The molecule has 1 aromatic heterocycles. The van der Waals surface area contributed by atoms with Gasteiger partial charge in [0, 0.05) is 23.9 Å². The van der Waals surface area contributed by atoms with Gasteiger partial charge in [0.15, 0.2) is 0 Å². The van der Waals surface area contributed by atoms with Gasteiger partial charge < -0.3 is 15.6 Å². The Morgan fingerprint density at radius 3 is 2.84 bits per heavy atom. The Kier molecular flexibility index (Phi) is 2.51. The van der Waals surface area contributed by atoms with E-state index in [0.29, 0.717) is 29.6 Å². The Morgan fingerprint density at radius 2 is 2.21 bits per heavy atom. The molecule has 6 heteroatoms. The number of nitrogens with one attached hydrogen (secondary N) is 1. The van der Waals surface area contributed by atoms with Gasteiger partial charge in [0.2, 0.25) is 5.91 Å². The molecule has 0 unspecified atom stereocenters. The number of halogens is 1. The molecule has 0 aliphatic carbocycles. The maximum absolute atomic E-state index is 13.4. The summed E-state index contributed by atoms with van der Waals surface area (Å²) < 4.78 is 13.4. The van der Waals surface area contributed by atoms with E-state index in [1.807, 2.05) is 0 Å². The highest BCUT2D eigenvalue weighted by atomic mass is 19.1. The first kappa shape index (κ1) is 11.7. The van der Waals surface area contributed by atoms with Crippen LogP contribution in [0.1, 0.15) is 23.3 Å². The van der Waals surface area contributed by atoms with Crippen molar-refractivity contribution in [1.29, 1.82) is 0 Å². The first-order valence-corrected chi connectivity index (χ1v) is 5.99. The number of fused-ring (bicyclic) bond motifs is 1. The standard InChI is InChI=1S/C13H12FN3O2/c14-7-3-4-9-8(6-7)12(11(16-9)13(15)19)17-5-1-2-10(17)18/h3-4,6,16H,1-2,5H2,(H2,15,19). The van der Waals surface area contributed by atoms with E-state index in [9.17, 15) is 14.0 Å². The van der Waals surface area contributed by atoms with Crippen LogP contribution in [0.4, 0.5) is 10.1 Å². The van der Waals surface area contributed by atoms with Crippen LogP contribution in [0.3, 0.4) is 0 Å². The number of hydrogen-bond acceptors (Lipinski definition) is 2. The van der Waals surface area contributed by atoms with Crippen LogP contribution in [0.2, 0.25) is 0 Å². The van der Waals surface area contributed by atoms with Crippen molar-refractivity contribution in [2.75, 3.05) is 11.4 Å². The summed E-state index contributed by atoms with van der Waals surface area (Å²) in [6.07, 6.45) is 1.15. The van der Waals surface area contributed by atoms with Crippen LogP contribution in [-0.2, 0) is 4.79 Å². The van der Waals surface area contributed by atoms with Gasteiger partial charge in [-0.1, -0.05) is 0 Å². The van der Waals surface area contributed by atoms with Crippen molar-refractivity contribution in [3.63, 3.8) is 0 Å². The van der Waals surface area contributed by atoms with E-state index in [4.69, 9.17) is 5.73 Å². The fourth-order valence-corrected chi connectivity index (χ4v) is 2.49.